The van der Waals surface area contributed by atoms with Gasteiger partial charge in [-0.3, -0.25) is 0 Å². The highest BCUT2D eigenvalue weighted by atomic mass is 35.5. The van der Waals surface area contributed by atoms with Crippen LogP contribution in [0.1, 0.15) is 46.3 Å². The van der Waals surface area contributed by atoms with E-state index in [-0.39, 0.29) is 18.1 Å². The molecule has 0 saturated heterocycles. The molecule has 0 atom stereocenters. The second-order valence-corrected chi connectivity index (χ2v) is 7.78. The van der Waals surface area contributed by atoms with Crippen LogP contribution in [0.15, 0.2) is 48.7 Å². The Morgan fingerprint density at radius 1 is 1.03 bits per heavy atom. The second-order valence-electron chi connectivity index (χ2n) is 7.34. The number of carboxylic acids is 1. The Kier molecular flexibility index (Phi) is 6.19. The van der Waals surface area contributed by atoms with Crippen LogP contribution in [0.25, 0.3) is 11.1 Å². The Bertz CT molecular complexity index is 1240. The van der Waals surface area contributed by atoms with E-state index in [9.17, 15) is 23.1 Å². The van der Waals surface area contributed by atoms with Crippen LogP contribution in [-0.2, 0) is 6.61 Å². The zero-order valence-corrected chi connectivity index (χ0v) is 17.4. The van der Waals surface area contributed by atoms with Crippen molar-refractivity contribution in [3.05, 3.63) is 93.4 Å². The van der Waals surface area contributed by atoms with Gasteiger partial charge in [0.2, 0.25) is 5.88 Å². The monoisotopic (exact) mass is 459 g/mol. The number of halogens is 4. The van der Waals surface area contributed by atoms with E-state index < -0.39 is 29.0 Å². The van der Waals surface area contributed by atoms with Crippen molar-refractivity contribution in [2.75, 3.05) is 0 Å². The van der Waals surface area contributed by atoms with Gasteiger partial charge in [0.05, 0.1) is 10.6 Å². The first kappa shape index (κ1) is 21.9. The molecule has 1 aromatic heterocycles. The van der Waals surface area contributed by atoms with E-state index in [1.165, 1.54) is 24.4 Å². The van der Waals surface area contributed by atoms with Crippen LogP contribution in [0, 0.1) is 17.5 Å². The molecule has 0 spiro atoms. The standard InChI is InChI=1S/C24H17ClF3NO3/c25-15-9-19(23(29-11-15)32-12-14-4-6-16(26)10-22(14)28)18-3-1-2-17(18)13-5-7-21(27)20(8-13)24(30)31/h4-11H,1-3,12H2,(H,30,31). The second kappa shape index (κ2) is 9.04. The van der Waals surface area contributed by atoms with E-state index in [1.807, 2.05) is 0 Å². The van der Waals surface area contributed by atoms with Crippen LogP contribution < -0.4 is 4.74 Å². The number of hydrogen-bond donors (Lipinski definition) is 1. The van der Waals surface area contributed by atoms with Crippen molar-refractivity contribution in [3.8, 4) is 5.88 Å². The molecule has 2 aromatic carbocycles. The molecule has 0 fully saturated rings. The number of carboxylic acid groups (broad SMARTS) is 1. The quantitative estimate of drug-likeness (QED) is 0.455. The summed E-state index contributed by atoms with van der Waals surface area (Å²) in [4.78, 5) is 15.6. The first-order valence-corrected chi connectivity index (χ1v) is 10.2. The van der Waals surface area contributed by atoms with Gasteiger partial charge >= 0.3 is 5.97 Å². The van der Waals surface area contributed by atoms with Gasteiger partial charge < -0.3 is 9.84 Å². The zero-order chi connectivity index (χ0) is 22.8. The summed E-state index contributed by atoms with van der Waals surface area (Å²) >= 11 is 6.17. The minimum absolute atomic E-state index is 0.166. The maximum Gasteiger partial charge on any atom is 0.338 e. The molecule has 1 aliphatic rings. The molecule has 0 unspecified atom stereocenters. The topological polar surface area (TPSA) is 59.4 Å². The molecule has 4 nitrogen and oxygen atoms in total. The number of nitrogens with zero attached hydrogens (tertiary/aromatic N) is 1. The van der Waals surface area contributed by atoms with Crippen molar-refractivity contribution in [1.82, 2.24) is 4.98 Å². The highest BCUT2D eigenvalue weighted by Gasteiger charge is 2.23. The Labute approximate surface area is 186 Å². The molecular formula is C24H17ClF3NO3. The van der Waals surface area contributed by atoms with Crippen LogP contribution in [-0.4, -0.2) is 16.1 Å². The number of ether oxygens (including phenoxy) is 1. The number of rotatable bonds is 6. The Hall–Kier alpha value is -3.32. The van der Waals surface area contributed by atoms with E-state index in [4.69, 9.17) is 16.3 Å². The number of allylic oxidation sites excluding steroid dienone is 2. The van der Waals surface area contributed by atoms with Gasteiger partial charge in [0.25, 0.3) is 0 Å². The number of aromatic carboxylic acids is 1. The Balaban J connectivity index is 1.73. The van der Waals surface area contributed by atoms with Gasteiger partial charge in [0, 0.05) is 23.4 Å². The zero-order valence-electron chi connectivity index (χ0n) is 16.7. The molecule has 0 amide bonds. The molecule has 8 heteroatoms. The van der Waals surface area contributed by atoms with Gasteiger partial charge in [0.15, 0.2) is 0 Å². The van der Waals surface area contributed by atoms with E-state index in [0.717, 1.165) is 35.8 Å². The molecule has 0 radical (unpaired) electrons. The van der Waals surface area contributed by atoms with Gasteiger partial charge in [-0.1, -0.05) is 17.7 Å². The normalized spacial score (nSPS) is 13.5. The molecule has 164 valence electrons. The largest absolute Gasteiger partial charge is 0.478 e. The summed E-state index contributed by atoms with van der Waals surface area (Å²) in [5.41, 5.74) is 2.63. The van der Waals surface area contributed by atoms with Gasteiger partial charge in [-0.05, 0) is 66.3 Å². The summed E-state index contributed by atoms with van der Waals surface area (Å²) in [6.45, 7) is -0.171. The summed E-state index contributed by atoms with van der Waals surface area (Å²) in [7, 11) is 0. The average molecular weight is 460 g/mol. The van der Waals surface area contributed by atoms with Gasteiger partial charge in [-0.2, -0.15) is 0 Å². The first-order valence-electron chi connectivity index (χ1n) is 9.81. The summed E-state index contributed by atoms with van der Waals surface area (Å²) in [5, 5.41) is 9.62. The number of carbonyl (C=O) groups is 1. The van der Waals surface area contributed by atoms with Crippen LogP contribution >= 0.6 is 11.6 Å². The molecule has 3 aromatic rings. The van der Waals surface area contributed by atoms with Crippen molar-refractivity contribution >= 4 is 28.7 Å². The molecular weight excluding hydrogens is 443 g/mol. The number of aromatic nitrogens is 1. The maximum atomic E-state index is 14.0. The van der Waals surface area contributed by atoms with E-state index in [1.54, 1.807) is 6.07 Å². The van der Waals surface area contributed by atoms with E-state index >= 15 is 0 Å². The molecule has 0 saturated carbocycles. The lowest BCUT2D eigenvalue weighted by atomic mass is 9.96. The van der Waals surface area contributed by atoms with Crippen LogP contribution in [0.4, 0.5) is 13.2 Å². The summed E-state index contributed by atoms with van der Waals surface area (Å²) < 4.78 is 46.8. The fourth-order valence-corrected chi connectivity index (χ4v) is 3.94. The molecule has 0 aliphatic heterocycles. The van der Waals surface area contributed by atoms with Crippen LogP contribution in [0.5, 0.6) is 5.88 Å². The summed E-state index contributed by atoms with van der Waals surface area (Å²) in [6, 6.07) is 8.87. The molecule has 4 rings (SSSR count). The lowest BCUT2D eigenvalue weighted by Gasteiger charge is -2.14. The van der Waals surface area contributed by atoms with Crippen LogP contribution in [0.2, 0.25) is 5.02 Å². The van der Waals surface area contributed by atoms with Crippen molar-refractivity contribution in [2.24, 2.45) is 0 Å². The molecule has 0 bridgehead atoms. The fraction of sp³-hybridized carbons (Fsp3) is 0.167. The Morgan fingerprint density at radius 2 is 1.81 bits per heavy atom. The lowest BCUT2D eigenvalue weighted by Crippen LogP contribution is -2.03. The third-order valence-electron chi connectivity index (χ3n) is 5.29. The fourth-order valence-electron chi connectivity index (χ4n) is 3.78. The number of benzene rings is 2. The van der Waals surface area contributed by atoms with Gasteiger partial charge in [-0.25, -0.2) is 22.9 Å². The third kappa shape index (κ3) is 4.48. The van der Waals surface area contributed by atoms with Gasteiger partial charge in [0.1, 0.15) is 24.1 Å². The predicted octanol–water partition coefficient (Wildman–Crippen LogP) is 6.52. The molecule has 1 heterocycles. The molecule has 32 heavy (non-hydrogen) atoms. The van der Waals surface area contributed by atoms with E-state index in [0.29, 0.717) is 29.0 Å². The molecule has 1 N–H and O–H groups in total. The summed E-state index contributed by atoms with van der Waals surface area (Å²) in [5.74, 6) is -3.35. The van der Waals surface area contributed by atoms with Crippen molar-refractivity contribution in [2.45, 2.75) is 25.9 Å². The predicted molar refractivity (Wildman–Crippen MR) is 114 cm³/mol. The minimum atomic E-state index is -1.35. The van der Waals surface area contributed by atoms with E-state index in [2.05, 4.69) is 4.98 Å². The average Bonchev–Trinajstić information content (AvgIpc) is 3.23. The Morgan fingerprint density at radius 3 is 2.56 bits per heavy atom. The smallest absolute Gasteiger partial charge is 0.338 e. The van der Waals surface area contributed by atoms with Crippen molar-refractivity contribution in [3.63, 3.8) is 0 Å². The number of pyridine rings is 1. The van der Waals surface area contributed by atoms with Crippen molar-refractivity contribution < 1.29 is 27.8 Å². The number of hydrogen-bond acceptors (Lipinski definition) is 3. The molecule has 1 aliphatic carbocycles. The summed E-state index contributed by atoms with van der Waals surface area (Å²) in [6.07, 6.45) is 3.50. The highest BCUT2D eigenvalue weighted by Crippen LogP contribution is 2.43. The highest BCUT2D eigenvalue weighted by molar-refractivity contribution is 6.30. The minimum Gasteiger partial charge on any atom is -0.478 e. The first-order chi connectivity index (χ1) is 15.3. The van der Waals surface area contributed by atoms with Crippen LogP contribution in [0.3, 0.4) is 0 Å². The van der Waals surface area contributed by atoms with Crippen molar-refractivity contribution in [1.29, 1.82) is 0 Å². The lowest BCUT2D eigenvalue weighted by molar-refractivity contribution is 0.0692. The third-order valence-corrected chi connectivity index (χ3v) is 5.49. The van der Waals surface area contributed by atoms with Gasteiger partial charge in [-0.15, -0.1) is 0 Å². The SMILES string of the molecule is O=C(O)c1cc(C2=C(c3cc(Cl)cnc3OCc3ccc(F)cc3F)CCC2)ccc1F. The maximum absolute atomic E-state index is 14.0.